The Hall–Kier alpha value is -6.69. The second kappa shape index (κ2) is 17.0. The number of aromatic nitrogens is 1. The fourth-order valence-corrected chi connectivity index (χ4v) is 7.54. The molecule has 59 heavy (non-hydrogen) atoms. The van der Waals surface area contributed by atoms with Crippen LogP contribution in [0.4, 0.5) is 5.69 Å². The van der Waals surface area contributed by atoms with Gasteiger partial charge in [0.15, 0.2) is 0 Å². The molecule has 0 bridgehead atoms. The summed E-state index contributed by atoms with van der Waals surface area (Å²) in [5.41, 5.74) is 6.31. The number of ether oxygens (including phenoxy) is 2. The summed E-state index contributed by atoms with van der Waals surface area (Å²) in [6.07, 6.45) is 2.53. The molecule has 1 aromatic heterocycles. The van der Waals surface area contributed by atoms with E-state index in [0.29, 0.717) is 49.5 Å². The summed E-state index contributed by atoms with van der Waals surface area (Å²) in [5, 5.41) is 16.8. The molecule has 5 aromatic carbocycles. The molecule has 0 saturated carbocycles. The van der Waals surface area contributed by atoms with E-state index in [1.54, 1.807) is 91.3 Å². The third-order valence-corrected chi connectivity index (χ3v) is 11.1. The molecular formula is C46H36Cl2N4O7. The first-order valence-electron chi connectivity index (χ1n) is 18.8. The Balaban J connectivity index is 0.997. The molecule has 0 saturated heterocycles. The minimum atomic E-state index is -1.26. The Morgan fingerprint density at radius 3 is 2.27 bits per heavy atom. The molecule has 296 valence electrons. The zero-order valence-corrected chi connectivity index (χ0v) is 32.8. The molecule has 0 fully saturated rings. The number of pyridine rings is 1. The van der Waals surface area contributed by atoms with Crippen molar-refractivity contribution in [2.75, 3.05) is 5.32 Å². The monoisotopic (exact) mass is 826 g/mol. The maximum atomic E-state index is 14.1. The van der Waals surface area contributed by atoms with Crippen LogP contribution in [0.15, 0.2) is 134 Å². The number of amides is 3. The molecule has 2 unspecified atom stereocenters. The standard InChI is InChI=1S/C46H36Cl2N4O7/c47-36-15-8-28(20-37(36)48)26-58-35-13-11-31(12-14-35)42-44(54)50-38-22-33-23-40(52(25-34(33)24-41(38)59-42)45(55)32-4-2-1-3-5-32)43(53)51-39(46(56)57)21-27-6-9-29(10-7-27)30-16-18-49-19-17-30/h1-20,22,24,39-40,42H,21,23,25-26H2,(H,50,54)(H,51,53)(H,56,57)/t39-,40?,42?/m0/s1. The fraction of sp³-hybridized carbons (Fsp3) is 0.152. The summed E-state index contributed by atoms with van der Waals surface area (Å²) in [7, 11) is 0. The van der Waals surface area contributed by atoms with Crippen molar-refractivity contribution in [3.63, 3.8) is 0 Å². The number of nitrogens with zero attached hydrogens (tertiary/aromatic N) is 2. The molecule has 2 aliphatic heterocycles. The molecule has 0 radical (unpaired) electrons. The zero-order valence-electron chi connectivity index (χ0n) is 31.3. The minimum Gasteiger partial charge on any atom is -0.489 e. The highest BCUT2D eigenvalue weighted by Gasteiger charge is 2.39. The van der Waals surface area contributed by atoms with Gasteiger partial charge < -0.3 is 30.1 Å². The van der Waals surface area contributed by atoms with Crippen molar-refractivity contribution < 1.29 is 33.8 Å². The van der Waals surface area contributed by atoms with Crippen LogP contribution in [0.3, 0.4) is 0 Å². The van der Waals surface area contributed by atoms with Gasteiger partial charge in [0.2, 0.25) is 12.0 Å². The molecular weight excluding hydrogens is 791 g/mol. The number of benzene rings is 5. The molecule has 8 rings (SSSR count). The van der Waals surface area contributed by atoms with Gasteiger partial charge in [-0.25, -0.2) is 4.79 Å². The van der Waals surface area contributed by atoms with Crippen molar-refractivity contribution in [3.05, 3.63) is 177 Å². The zero-order chi connectivity index (χ0) is 41.0. The number of aliphatic carboxylic acids is 1. The van der Waals surface area contributed by atoms with E-state index in [1.165, 1.54) is 4.90 Å². The van der Waals surface area contributed by atoms with Crippen LogP contribution >= 0.6 is 23.2 Å². The van der Waals surface area contributed by atoms with E-state index in [4.69, 9.17) is 32.7 Å². The van der Waals surface area contributed by atoms with Gasteiger partial charge in [-0.2, -0.15) is 0 Å². The van der Waals surface area contributed by atoms with Crippen LogP contribution < -0.4 is 20.1 Å². The second-order valence-corrected chi connectivity index (χ2v) is 15.1. The number of hydrogen-bond donors (Lipinski definition) is 3. The van der Waals surface area contributed by atoms with Gasteiger partial charge in [0.1, 0.15) is 30.2 Å². The van der Waals surface area contributed by atoms with Crippen LogP contribution in [0.2, 0.25) is 10.0 Å². The van der Waals surface area contributed by atoms with Gasteiger partial charge in [-0.05, 0) is 94.0 Å². The van der Waals surface area contributed by atoms with Crippen molar-refractivity contribution >= 4 is 52.6 Å². The second-order valence-electron chi connectivity index (χ2n) is 14.3. The van der Waals surface area contributed by atoms with E-state index in [0.717, 1.165) is 22.3 Å². The van der Waals surface area contributed by atoms with Crippen molar-refractivity contribution in [1.29, 1.82) is 0 Å². The minimum absolute atomic E-state index is 0.0279. The first kappa shape index (κ1) is 39.2. The van der Waals surface area contributed by atoms with Crippen molar-refractivity contribution in [3.8, 4) is 22.6 Å². The van der Waals surface area contributed by atoms with Crippen LogP contribution in [0.5, 0.6) is 11.5 Å². The predicted octanol–water partition coefficient (Wildman–Crippen LogP) is 8.09. The molecule has 3 N–H and O–H groups in total. The third-order valence-electron chi connectivity index (χ3n) is 10.4. The first-order valence-corrected chi connectivity index (χ1v) is 19.5. The van der Waals surface area contributed by atoms with E-state index < -0.39 is 30.1 Å². The molecule has 11 nitrogen and oxygen atoms in total. The highest BCUT2D eigenvalue weighted by atomic mass is 35.5. The fourth-order valence-electron chi connectivity index (χ4n) is 7.22. The number of rotatable bonds is 11. The maximum absolute atomic E-state index is 14.1. The van der Waals surface area contributed by atoms with Gasteiger partial charge in [-0.1, -0.05) is 83.9 Å². The van der Waals surface area contributed by atoms with Gasteiger partial charge in [0.05, 0.1) is 15.7 Å². The lowest BCUT2D eigenvalue weighted by atomic mass is 9.91. The number of nitrogens with one attached hydrogen (secondary N) is 2. The summed E-state index contributed by atoms with van der Waals surface area (Å²) in [4.78, 5) is 59.6. The smallest absolute Gasteiger partial charge is 0.326 e. The highest BCUT2D eigenvalue weighted by Crippen LogP contribution is 2.40. The first-order chi connectivity index (χ1) is 28.6. The van der Waals surface area contributed by atoms with Crippen LogP contribution in [0.25, 0.3) is 11.1 Å². The highest BCUT2D eigenvalue weighted by molar-refractivity contribution is 6.42. The summed E-state index contributed by atoms with van der Waals surface area (Å²) < 4.78 is 12.2. The molecule has 3 atom stereocenters. The number of carboxylic acids is 1. The number of hydrogen-bond acceptors (Lipinski definition) is 7. The van der Waals surface area contributed by atoms with Crippen LogP contribution in [-0.2, 0) is 40.4 Å². The van der Waals surface area contributed by atoms with Crippen molar-refractivity contribution in [1.82, 2.24) is 15.2 Å². The van der Waals surface area contributed by atoms with E-state index in [2.05, 4.69) is 15.6 Å². The van der Waals surface area contributed by atoms with E-state index in [9.17, 15) is 24.3 Å². The van der Waals surface area contributed by atoms with E-state index in [1.807, 2.05) is 42.5 Å². The Kier molecular flexibility index (Phi) is 11.3. The summed E-state index contributed by atoms with van der Waals surface area (Å²) in [5.74, 6) is -1.60. The Labute approximate surface area is 349 Å². The molecule has 2 aliphatic rings. The molecule has 6 aromatic rings. The Bertz CT molecular complexity index is 2540. The van der Waals surface area contributed by atoms with Crippen LogP contribution in [-0.4, -0.2) is 50.8 Å². The topological polar surface area (TPSA) is 147 Å². The molecule has 3 heterocycles. The van der Waals surface area contributed by atoms with Gasteiger partial charge in [-0.3, -0.25) is 19.4 Å². The third kappa shape index (κ3) is 8.76. The van der Waals surface area contributed by atoms with Crippen molar-refractivity contribution in [2.45, 2.75) is 44.2 Å². The van der Waals surface area contributed by atoms with Gasteiger partial charge in [-0.15, -0.1) is 0 Å². The lowest BCUT2D eigenvalue weighted by Crippen LogP contribution is -2.56. The summed E-state index contributed by atoms with van der Waals surface area (Å²) in [6, 6.07) is 33.3. The summed E-state index contributed by atoms with van der Waals surface area (Å²) >= 11 is 12.2. The number of carbonyl (C=O) groups is 4. The van der Waals surface area contributed by atoms with Crippen LogP contribution in [0, 0.1) is 0 Å². The van der Waals surface area contributed by atoms with E-state index in [-0.39, 0.29) is 37.8 Å². The molecule has 0 spiro atoms. The largest absolute Gasteiger partial charge is 0.489 e. The van der Waals surface area contributed by atoms with E-state index >= 15 is 0 Å². The summed E-state index contributed by atoms with van der Waals surface area (Å²) in [6.45, 7) is 0.305. The number of fused-ring (bicyclic) bond motifs is 2. The quantitative estimate of drug-likeness (QED) is 0.119. The normalized spacial score (nSPS) is 16.1. The van der Waals surface area contributed by atoms with Gasteiger partial charge in [0.25, 0.3) is 11.8 Å². The number of halogens is 2. The SMILES string of the molecule is O=C1Nc2cc3c(cc2OC1c1ccc(OCc2ccc(Cl)c(Cl)c2)cc1)CN(C(=O)c1ccccc1)C(C(=O)N[C@@H](Cc1ccc(-c2ccncc2)cc1)C(=O)O)C3. The average molecular weight is 828 g/mol. The maximum Gasteiger partial charge on any atom is 0.326 e. The Morgan fingerprint density at radius 1 is 0.847 bits per heavy atom. The Morgan fingerprint density at radius 2 is 1.56 bits per heavy atom. The van der Waals surface area contributed by atoms with Crippen molar-refractivity contribution in [2.24, 2.45) is 0 Å². The van der Waals surface area contributed by atoms with Gasteiger partial charge >= 0.3 is 5.97 Å². The van der Waals surface area contributed by atoms with Crippen LogP contribution in [0.1, 0.15) is 44.3 Å². The molecule has 0 aliphatic carbocycles. The predicted molar refractivity (Wildman–Crippen MR) is 222 cm³/mol. The number of anilines is 1. The lowest BCUT2D eigenvalue weighted by Gasteiger charge is -2.37. The number of carbonyl (C=O) groups excluding carboxylic acids is 3. The lowest BCUT2D eigenvalue weighted by molar-refractivity contribution is -0.142. The van der Waals surface area contributed by atoms with Gasteiger partial charge in [0, 0.05) is 42.9 Å². The molecule has 3 amide bonds. The average Bonchev–Trinajstić information content (AvgIpc) is 3.26. The number of carboxylic acid groups (broad SMARTS) is 1. The molecule has 13 heteroatoms.